The number of benzene rings is 1. The maximum atomic E-state index is 11.5. The van der Waals surface area contributed by atoms with Crippen LogP contribution in [0.3, 0.4) is 0 Å². The van der Waals surface area contributed by atoms with Crippen molar-refractivity contribution >= 4 is 30.2 Å². The number of ether oxygens (including phenoxy) is 1. The monoisotopic (exact) mass is 357 g/mol. The number of halogens is 1. The first-order chi connectivity index (χ1) is 11.0. The van der Waals surface area contributed by atoms with Gasteiger partial charge in [0.15, 0.2) is 0 Å². The highest BCUT2D eigenvalue weighted by Gasteiger charge is 2.10. The molecule has 132 valence electrons. The third kappa shape index (κ3) is 8.84. The lowest BCUT2D eigenvalue weighted by Crippen LogP contribution is -2.30. The molecule has 0 aromatic heterocycles. The second-order valence-electron chi connectivity index (χ2n) is 4.80. The molecule has 0 aliphatic heterocycles. The summed E-state index contributed by atoms with van der Waals surface area (Å²) in [5, 5.41) is 14.6. The van der Waals surface area contributed by atoms with Gasteiger partial charge >= 0.3 is 12.1 Å². The second kappa shape index (κ2) is 12.0. The first-order valence-electron chi connectivity index (χ1n) is 7.06. The van der Waals surface area contributed by atoms with E-state index in [1.165, 1.54) is 0 Å². The minimum atomic E-state index is -1.03. The molecule has 4 N–H and O–H groups in total. The first-order valence-corrected chi connectivity index (χ1v) is 7.06. The molecule has 0 aliphatic rings. The van der Waals surface area contributed by atoms with E-state index in [2.05, 4.69) is 15.3 Å². The van der Waals surface area contributed by atoms with Crippen LogP contribution < -0.4 is 11.1 Å². The molecule has 0 saturated carbocycles. The maximum absolute atomic E-state index is 11.5. The van der Waals surface area contributed by atoms with E-state index in [1.807, 2.05) is 0 Å². The minimum absolute atomic E-state index is 0. The Labute approximate surface area is 145 Å². The SMILES string of the molecule is Cl.[N-]=[N+]=Nc1cccc(COC(=O)NCCCCC(N)C(=O)O)c1. The van der Waals surface area contributed by atoms with Gasteiger partial charge in [0, 0.05) is 17.1 Å². The summed E-state index contributed by atoms with van der Waals surface area (Å²) < 4.78 is 5.02. The van der Waals surface area contributed by atoms with Crippen LogP contribution in [0.1, 0.15) is 24.8 Å². The number of nitrogens with one attached hydrogen (secondary N) is 1. The maximum Gasteiger partial charge on any atom is 0.407 e. The lowest BCUT2D eigenvalue weighted by molar-refractivity contribution is -0.138. The molecule has 0 saturated heterocycles. The third-order valence-electron chi connectivity index (χ3n) is 2.97. The quantitative estimate of drug-likeness (QED) is 0.268. The van der Waals surface area contributed by atoms with Crippen molar-refractivity contribution in [2.45, 2.75) is 31.9 Å². The van der Waals surface area contributed by atoms with Crippen LogP contribution in [0.5, 0.6) is 0 Å². The summed E-state index contributed by atoms with van der Waals surface area (Å²) in [6, 6.07) is 5.85. The molecule has 1 aromatic rings. The van der Waals surface area contributed by atoms with Crippen LogP contribution >= 0.6 is 12.4 Å². The number of hydrogen-bond acceptors (Lipinski definition) is 5. The van der Waals surface area contributed by atoms with Crippen molar-refractivity contribution in [3.05, 3.63) is 40.3 Å². The Kier molecular flexibility index (Phi) is 10.8. The van der Waals surface area contributed by atoms with Crippen molar-refractivity contribution in [3.63, 3.8) is 0 Å². The predicted molar refractivity (Wildman–Crippen MR) is 90.1 cm³/mol. The summed E-state index contributed by atoms with van der Waals surface area (Å²) >= 11 is 0. The van der Waals surface area contributed by atoms with Gasteiger partial charge in [0.2, 0.25) is 0 Å². The van der Waals surface area contributed by atoms with Crippen LogP contribution in [0.15, 0.2) is 29.4 Å². The molecule has 10 heteroatoms. The van der Waals surface area contributed by atoms with Crippen LogP contribution in [-0.2, 0) is 16.1 Å². The Morgan fingerprint density at radius 3 is 2.83 bits per heavy atom. The average molecular weight is 358 g/mol. The molecule has 1 atom stereocenters. The number of hydrogen-bond donors (Lipinski definition) is 3. The Balaban J connectivity index is 0.00000529. The molecule has 9 nitrogen and oxygen atoms in total. The number of carbonyl (C=O) groups is 2. The number of carboxylic acid groups (broad SMARTS) is 1. The Bertz CT molecular complexity index is 592. The van der Waals surface area contributed by atoms with Gasteiger partial charge in [0.1, 0.15) is 12.6 Å². The number of nitrogens with two attached hydrogens (primary N) is 1. The van der Waals surface area contributed by atoms with Crippen molar-refractivity contribution in [1.29, 1.82) is 0 Å². The number of aliphatic carboxylic acids is 1. The molecule has 1 unspecified atom stereocenters. The van der Waals surface area contributed by atoms with Crippen LogP contribution in [0.4, 0.5) is 10.5 Å². The molecular weight excluding hydrogens is 338 g/mol. The molecule has 0 bridgehead atoms. The lowest BCUT2D eigenvalue weighted by atomic mass is 10.1. The van der Waals surface area contributed by atoms with Gasteiger partial charge in [-0.3, -0.25) is 4.79 Å². The van der Waals surface area contributed by atoms with Gasteiger partial charge < -0.3 is 20.9 Å². The molecule has 0 radical (unpaired) electrons. The zero-order valence-electron chi connectivity index (χ0n) is 12.9. The Hall–Kier alpha value is -2.48. The predicted octanol–water partition coefficient (Wildman–Crippen LogP) is 2.86. The number of amides is 1. The van der Waals surface area contributed by atoms with Gasteiger partial charge in [-0.05, 0) is 36.4 Å². The van der Waals surface area contributed by atoms with Crippen LogP contribution in [0, 0.1) is 0 Å². The van der Waals surface area contributed by atoms with Crippen LogP contribution in [-0.4, -0.2) is 29.8 Å². The fraction of sp³-hybridized carbons (Fsp3) is 0.429. The van der Waals surface area contributed by atoms with Crippen molar-refractivity contribution < 1.29 is 19.4 Å². The number of rotatable bonds is 9. The van der Waals surface area contributed by atoms with Gasteiger partial charge in [-0.15, -0.1) is 12.4 Å². The molecule has 0 spiro atoms. The first kappa shape index (κ1) is 21.5. The minimum Gasteiger partial charge on any atom is -0.480 e. The number of unbranched alkanes of at least 4 members (excludes halogenated alkanes) is 1. The van der Waals surface area contributed by atoms with E-state index in [4.69, 9.17) is 21.1 Å². The van der Waals surface area contributed by atoms with Gasteiger partial charge in [-0.25, -0.2) is 4.79 Å². The summed E-state index contributed by atoms with van der Waals surface area (Å²) in [4.78, 5) is 24.7. The largest absolute Gasteiger partial charge is 0.480 e. The second-order valence-corrected chi connectivity index (χ2v) is 4.80. The van der Waals surface area contributed by atoms with Crippen molar-refractivity contribution in [3.8, 4) is 0 Å². The van der Waals surface area contributed by atoms with E-state index < -0.39 is 18.1 Å². The summed E-state index contributed by atoms with van der Waals surface area (Å²) in [5.41, 5.74) is 14.9. The standard InChI is InChI=1S/C14H19N5O4.ClH/c15-12(13(20)21)6-1-2-7-17-14(22)23-9-10-4-3-5-11(8-10)18-19-16;/h3-5,8,12H,1-2,6-7,9,15H2,(H,17,22)(H,20,21);1H. The van der Waals surface area contributed by atoms with E-state index in [0.29, 0.717) is 37.1 Å². The highest BCUT2D eigenvalue weighted by molar-refractivity contribution is 5.85. The van der Waals surface area contributed by atoms with Gasteiger partial charge in [-0.1, -0.05) is 23.3 Å². The molecule has 0 aliphatic carbocycles. The molecule has 1 rings (SSSR count). The molecule has 24 heavy (non-hydrogen) atoms. The Morgan fingerprint density at radius 1 is 1.42 bits per heavy atom. The molecule has 0 heterocycles. The van der Waals surface area contributed by atoms with Crippen LogP contribution in [0.2, 0.25) is 0 Å². The summed E-state index contributed by atoms with van der Waals surface area (Å²) in [5.74, 6) is -1.03. The number of nitrogens with zero attached hydrogens (tertiary/aromatic N) is 3. The third-order valence-corrected chi connectivity index (χ3v) is 2.97. The van der Waals surface area contributed by atoms with Gasteiger partial charge in [-0.2, -0.15) is 0 Å². The normalized spacial score (nSPS) is 10.7. The highest BCUT2D eigenvalue weighted by atomic mass is 35.5. The number of alkyl carbamates (subject to hydrolysis) is 1. The number of carbonyl (C=O) groups excluding carboxylic acids is 1. The lowest BCUT2D eigenvalue weighted by Gasteiger charge is -2.08. The average Bonchev–Trinajstić information content (AvgIpc) is 2.53. The molecule has 1 amide bonds. The fourth-order valence-corrected chi connectivity index (χ4v) is 1.76. The zero-order chi connectivity index (χ0) is 17.1. The van der Waals surface area contributed by atoms with Crippen molar-refractivity contribution in [2.75, 3.05) is 6.54 Å². The van der Waals surface area contributed by atoms with Gasteiger partial charge in [0.05, 0.1) is 0 Å². The topological polar surface area (TPSA) is 150 Å². The summed E-state index contributed by atoms with van der Waals surface area (Å²) in [6.45, 7) is 0.439. The number of carboxylic acids is 1. The summed E-state index contributed by atoms with van der Waals surface area (Å²) in [6.07, 6.45) is 1.00. The van der Waals surface area contributed by atoms with E-state index in [-0.39, 0.29) is 19.0 Å². The van der Waals surface area contributed by atoms with Crippen LogP contribution in [0.25, 0.3) is 10.4 Å². The molecule has 1 aromatic carbocycles. The van der Waals surface area contributed by atoms with Crippen molar-refractivity contribution in [2.24, 2.45) is 10.8 Å². The van der Waals surface area contributed by atoms with Gasteiger partial charge in [0.25, 0.3) is 0 Å². The molecular formula is C14H20ClN5O4. The van der Waals surface area contributed by atoms with E-state index in [9.17, 15) is 9.59 Å². The number of azide groups is 1. The fourth-order valence-electron chi connectivity index (χ4n) is 1.76. The van der Waals surface area contributed by atoms with E-state index in [0.717, 1.165) is 0 Å². The molecule has 0 fully saturated rings. The Morgan fingerprint density at radius 2 is 2.17 bits per heavy atom. The smallest absolute Gasteiger partial charge is 0.407 e. The van der Waals surface area contributed by atoms with Crippen molar-refractivity contribution in [1.82, 2.24) is 5.32 Å². The zero-order valence-corrected chi connectivity index (χ0v) is 13.7. The highest BCUT2D eigenvalue weighted by Crippen LogP contribution is 2.14. The van der Waals surface area contributed by atoms with E-state index in [1.54, 1.807) is 24.3 Å². The summed E-state index contributed by atoms with van der Waals surface area (Å²) in [7, 11) is 0. The van der Waals surface area contributed by atoms with E-state index >= 15 is 0 Å².